The first kappa shape index (κ1) is 14.2. The van der Waals surface area contributed by atoms with Crippen LogP contribution in [-0.2, 0) is 9.59 Å². The van der Waals surface area contributed by atoms with Gasteiger partial charge in [0.1, 0.15) is 6.04 Å². The van der Waals surface area contributed by atoms with Crippen LogP contribution in [0.2, 0.25) is 0 Å². The lowest BCUT2D eigenvalue weighted by atomic mass is 9.91. The standard InChI is InChI=1S/C13H19F2NO3/c1-8-3-5-16(10(6-8)12(18)19)11(17)9-2-4-13(14,15)7-9/h8-10H,2-7H2,1H3,(H,18,19). The lowest BCUT2D eigenvalue weighted by Crippen LogP contribution is -2.51. The molecule has 0 bridgehead atoms. The van der Waals surface area contributed by atoms with Gasteiger partial charge in [-0.1, -0.05) is 6.92 Å². The molecule has 1 aliphatic heterocycles. The number of aliphatic carboxylic acids is 1. The number of alkyl halides is 2. The highest BCUT2D eigenvalue weighted by Gasteiger charge is 2.46. The number of hydrogen-bond donors (Lipinski definition) is 1. The molecule has 1 aliphatic carbocycles. The summed E-state index contributed by atoms with van der Waals surface area (Å²) >= 11 is 0. The van der Waals surface area contributed by atoms with Gasteiger partial charge in [0.05, 0.1) is 0 Å². The second-order valence-corrected chi connectivity index (χ2v) is 5.81. The molecule has 0 spiro atoms. The molecule has 6 heteroatoms. The third kappa shape index (κ3) is 3.04. The Morgan fingerprint density at radius 2 is 2.00 bits per heavy atom. The van der Waals surface area contributed by atoms with E-state index < -0.39 is 36.2 Å². The molecule has 0 aromatic carbocycles. The van der Waals surface area contributed by atoms with Crippen molar-refractivity contribution in [2.24, 2.45) is 11.8 Å². The molecule has 1 saturated carbocycles. The average molecular weight is 275 g/mol. The highest BCUT2D eigenvalue weighted by Crippen LogP contribution is 2.40. The topological polar surface area (TPSA) is 57.6 Å². The predicted molar refractivity (Wildman–Crippen MR) is 63.8 cm³/mol. The zero-order valence-corrected chi connectivity index (χ0v) is 10.9. The van der Waals surface area contributed by atoms with E-state index in [0.717, 1.165) is 6.42 Å². The van der Waals surface area contributed by atoms with Gasteiger partial charge in [-0.05, 0) is 25.2 Å². The van der Waals surface area contributed by atoms with Gasteiger partial charge in [-0.15, -0.1) is 0 Å². The fourth-order valence-corrected chi connectivity index (χ4v) is 3.03. The maximum absolute atomic E-state index is 13.2. The third-order valence-electron chi connectivity index (χ3n) is 4.19. The van der Waals surface area contributed by atoms with Crippen LogP contribution in [0.4, 0.5) is 8.78 Å². The summed E-state index contributed by atoms with van der Waals surface area (Å²) in [6.07, 6.45) is 0.586. The largest absolute Gasteiger partial charge is 0.480 e. The molecule has 2 rings (SSSR count). The summed E-state index contributed by atoms with van der Waals surface area (Å²) in [5.74, 6) is -4.69. The van der Waals surface area contributed by atoms with Crippen molar-refractivity contribution in [3.05, 3.63) is 0 Å². The summed E-state index contributed by atoms with van der Waals surface area (Å²) in [5, 5.41) is 9.18. The van der Waals surface area contributed by atoms with Crippen LogP contribution in [0.3, 0.4) is 0 Å². The van der Waals surface area contributed by atoms with E-state index in [1.165, 1.54) is 4.90 Å². The SMILES string of the molecule is CC1CCN(C(=O)C2CCC(F)(F)C2)C(C(=O)O)C1. The van der Waals surface area contributed by atoms with Crippen molar-refractivity contribution >= 4 is 11.9 Å². The van der Waals surface area contributed by atoms with Crippen molar-refractivity contribution in [1.29, 1.82) is 0 Å². The second kappa shape index (κ2) is 5.06. The van der Waals surface area contributed by atoms with Gasteiger partial charge in [0.15, 0.2) is 0 Å². The predicted octanol–water partition coefficient (Wildman–Crippen LogP) is 2.13. The number of carboxylic acids is 1. The van der Waals surface area contributed by atoms with Gasteiger partial charge in [0.2, 0.25) is 11.8 Å². The van der Waals surface area contributed by atoms with Crippen LogP contribution < -0.4 is 0 Å². The average Bonchev–Trinajstić information content (AvgIpc) is 2.68. The van der Waals surface area contributed by atoms with Crippen LogP contribution in [0.5, 0.6) is 0 Å². The van der Waals surface area contributed by atoms with Crippen molar-refractivity contribution in [3.63, 3.8) is 0 Å². The molecular weight excluding hydrogens is 256 g/mol. The number of halogens is 2. The third-order valence-corrected chi connectivity index (χ3v) is 4.19. The minimum absolute atomic E-state index is 0.157. The number of piperidine rings is 1. The lowest BCUT2D eigenvalue weighted by Gasteiger charge is -2.37. The van der Waals surface area contributed by atoms with Gasteiger partial charge in [0.25, 0.3) is 0 Å². The number of likely N-dealkylation sites (tertiary alicyclic amines) is 1. The molecule has 108 valence electrons. The summed E-state index contributed by atoms with van der Waals surface area (Å²) in [6, 6.07) is -0.856. The van der Waals surface area contributed by atoms with Crippen LogP contribution in [-0.4, -0.2) is 40.4 Å². The van der Waals surface area contributed by atoms with Crippen LogP contribution in [0.1, 0.15) is 39.0 Å². The summed E-state index contributed by atoms with van der Waals surface area (Å²) in [4.78, 5) is 24.8. The number of hydrogen-bond acceptors (Lipinski definition) is 2. The van der Waals surface area contributed by atoms with Crippen molar-refractivity contribution in [2.75, 3.05) is 6.54 Å². The van der Waals surface area contributed by atoms with Crippen molar-refractivity contribution in [1.82, 2.24) is 4.90 Å². The van der Waals surface area contributed by atoms with Gasteiger partial charge < -0.3 is 10.0 Å². The Morgan fingerprint density at radius 3 is 2.53 bits per heavy atom. The van der Waals surface area contributed by atoms with E-state index in [4.69, 9.17) is 0 Å². The molecule has 2 aliphatic rings. The normalized spacial score (nSPS) is 34.3. The van der Waals surface area contributed by atoms with E-state index in [0.29, 0.717) is 13.0 Å². The Morgan fingerprint density at radius 1 is 1.32 bits per heavy atom. The summed E-state index contributed by atoms with van der Waals surface area (Å²) in [5.41, 5.74) is 0. The van der Waals surface area contributed by atoms with E-state index in [2.05, 4.69) is 0 Å². The lowest BCUT2D eigenvalue weighted by molar-refractivity contribution is -0.155. The van der Waals surface area contributed by atoms with Gasteiger partial charge >= 0.3 is 5.97 Å². The van der Waals surface area contributed by atoms with Crippen LogP contribution in [0.15, 0.2) is 0 Å². The minimum Gasteiger partial charge on any atom is -0.480 e. The molecule has 0 aromatic heterocycles. The van der Waals surface area contributed by atoms with E-state index in [1.54, 1.807) is 0 Å². The molecule has 1 amide bonds. The number of carbonyl (C=O) groups excluding carboxylic acids is 1. The molecule has 3 unspecified atom stereocenters. The van der Waals surface area contributed by atoms with Gasteiger partial charge in [-0.2, -0.15) is 0 Å². The Balaban J connectivity index is 2.07. The van der Waals surface area contributed by atoms with Crippen LogP contribution in [0, 0.1) is 11.8 Å². The molecule has 19 heavy (non-hydrogen) atoms. The minimum atomic E-state index is -2.78. The van der Waals surface area contributed by atoms with Crippen LogP contribution in [0.25, 0.3) is 0 Å². The maximum Gasteiger partial charge on any atom is 0.326 e. The molecule has 1 heterocycles. The molecule has 0 radical (unpaired) electrons. The fraction of sp³-hybridized carbons (Fsp3) is 0.846. The Hall–Kier alpha value is -1.20. The number of rotatable bonds is 2. The smallest absolute Gasteiger partial charge is 0.326 e. The van der Waals surface area contributed by atoms with E-state index in [1.807, 2.05) is 6.92 Å². The molecule has 0 aromatic rings. The Kier molecular flexibility index (Phi) is 3.78. The monoisotopic (exact) mass is 275 g/mol. The molecular formula is C13H19F2NO3. The number of amides is 1. The summed E-state index contributed by atoms with van der Waals surface area (Å²) in [6.45, 7) is 2.31. The zero-order valence-electron chi connectivity index (χ0n) is 10.9. The highest BCUT2D eigenvalue weighted by atomic mass is 19.3. The van der Waals surface area contributed by atoms with Crippen molar-refractivity contribution < 1.29 is 23.5 Å². The molecule has 1 saturated heterocycles. The van der Waals surface area contributed by atoms with Crippen molar-refractivity contribution in [3.8, 4) is 0 Å². The van der Waals surface area contributed by atoms with E-state index >= 15 is 0 Å². The maximum atomic E-state index is 13.2. The fourth-order valence-electron chi connectivity index (χ4n) is 3.03. The summed E-state index contributed by atoms with van der Waals surface area (Å²) in [7, 11) is 0. The highest BCUT2D eigenvalue weighted by molar-refractivity contribution is 5.85. The Labute approximate surface area is 110 Å². The van der Waals surface area contributed by atoms with Crippen molar-refractivity contribution in [2.45, 2.75) is 51.0 Å². The molecule has 3 atom stereocenters. The van der Waals surface area contributed by atoms with E-state index in [-0.39, 0.29) is 18.8 Å². The van der Waals surface area contributed by atoms with Gasteiger partial charge in [-0.25, -0.2) is 13.6 Å². The van der Waals surface area contributed by atoms with Crippen LogP contribution >= 0.6 is 0 Å². The van der Waals surface area contributed by atoms with E-state index in [9.17, 15) is 23.5 Å². The molecule has 1 N–H and O–H groups in total. The first-order chi connectivity index (χ1) is 8.80. The van der Waals surface area contributed by atoms with Gasteiger partial charge in [-0.3, -0.25) is 4.79 Å². The molecule has 4 nitrogen and oxygen atoms in total. The number of nitrogens with zero attached hydrogens (tertiary/aromatic N) is 1. The first-order valence-electron chi connectivity index (χ1n) is 6.71. The first-order valence-corrected chi connectivity index (χ1v) is 6.71. The van der Waals surface area contributed by atoms with Gasteiger partial charge in [0, 0.05) is 25.3 Å². The quantitative estimate of drug-likeness (QED) is 0.840. The zero-order chi connectivity index (χ0) is 14.2. The summed E-state index contributed by atoms with van der Waals surface area (Å²) < 4.78 is 26.3. The number of carboxylic acid groups (broad SMARTS) is 1. The number of carbonyl (C=O) groups is 2. The second-order valence-electron chi connectivity index (χ2n) is 5.81. The molecule has 2 fully saturated rings. The Bertz CT molecular complexity index is 386.